The number of hydrogen-bond acceptors (Lipinski definition) is 4. The molecule has 18 heavy (non-hydrogen) atoms. The zero-order chi connectivity index (χ0) is 13.9. The highest BCUT2D eigenvalue weighted by atomic mass is 16.2. The van der Waals surface area contributed by atoms with Crippen LogP contribution in [0.25, 0.3) is 0 Å². The number of rotatable bonds is 6. The molecule has 0 saturated carbocycles. The SMILES string of the molecule is CC(CCN(C)C)NC1CC(=O)N(C(C)C)C1=O. The van der Waals surface area contributed by atoms with Gasteiger partial charge in [0.2, 0.25) is 11.8 Å². The van der Waals surface area contributed by atoms with Crippen molar-refractivity contribution in [1.29, 1.82) is 0 Å². The smallest absolute Gasteiger partial charge is 0.247 e. The maximum absolute atomic E-state index is 12.1. The van der Waals surface area contributed by atoms with Crippen LogP contribution in [0.5, 0.6) is 0 Å². The molecule has 2 atom stereocenters. The fraction of sp³-hybridized carbons (Fsp3) is 0.846. The molecule has 0 bridgehead atoms. The Morgan fingerprint density at radius 1 is 1.33 bits per heavy atom. The second-order valence-corrected chi connectivity index (χ2v) is 5.61. The van der Waals surface area contributed by atoms with Crippen molar-refractivity contribution < 1.29 is 9.59 Å². The Morgan fingerprint density at radius 2 is 1.94 bits per heavy atom. The normalized spacial score (nSPS) is 22.4. The monoisotopic (exact) mass is 255 g/mol. The van der Waals surface area contributed by atoms with Crippen molar-refractivity contribution in [3.05, 3.63) is 0 Å². The van der Waals surface area contributed by atoms with Gasteiger partial charge in [-0.05, 0) is 47.8 Å². The van der Waals surface area contributed by atoms with Crippen molar-refractivity contribution in [3.63, 3.8) is 0 Å². The van der Waals surface area contributed by atoms with Gasteiger partial charge in [-0.25, -0.2) is 0 Å². The predicted molar refractivity (Wildman–Crippen MR) is 71.2 cm³/mol. The lowest BCUT2D eigenvalue weighted by Crippen LogP contribution is -2.45. The van der Waals surface area contributed by atoms with E-state index in [1.165, 1.54) is 4.90 Å². The van der Waals surface area contributed by atoms with E-state index in [4.69, 9.17) is 0 Å². The zero-order valence-corrected chi connectivity index (χ0v) is 12.1. The number of nitrogens with one attached hydrogen (secondary N) is 1. The lowest BCUT2D eigenvalue weighted by Gasteiger charge is -2.22. The van der Waals surface area contributed by atoms with E-state index in [2.05, 4.69) is 17.1 Å². The lowest BCUT2D eigenvalue weighted by atomic mass is 10.1. The van der Waals surface area contributed by atoms with E-state index < -0.39 is 0 Å². The van der Waals surface area contributed by atoms with Crippen LogP contribution in [0.4, 0.5) is 0 Å². The van der Waals surface area contributed by atoms with Gasteiger partial charge >= 0.3 is 0 Å². The Bertz CT molecular complexity index is 315. The minimum atomic E-state index is -0.336. The van der Waals surface area contributed by atoms with Crippen LogP contribution in [0.3, 0.4) is 0 Å². The standard InChI is InChI=1S/C13H25N3O2/c1-9(2)16-12(17)8-11(13(16)18)14-10(3)6-7-15(4)5/h9-11,14H,6-8H2,1-5H3. The first-order chi connectivity index (χ1) is 8.32. The minimum Gasteiger partial charge on any atom is -0.309 e. The molecule has 1 aliphatic heterocycles. The summed E-state index contributed by atoms with van der Waals surface area (Å²) in [6, 6.07) is -0.146. The molecule has 0 aliphatic carbocycles. The summed E-state index contributed by atoms with van der Waals surface area (Å²) in [6.45, 7) is 6.76. The first-order valence-electron chi connectivity index (χ1n) is 6.59. The molecule has 0 aromatic heterocycles. The maximum atomic E-state index is 12.1. The van der Waals surface area contributed by atoms with Crippen molar-refractivity contribution in [2.75, 3.05) is 20.6 Å². The van der Waals surface area contributed by atoms with E-state index in [9.17, 15) is 9.59 Å². The van der Waals surface area contributed by atoms with Gasteiger partial charge in [-0.3, -0.25) is 14.5 Å². The molecule has 5 heteroatoms. The highest BCUT2D eigenvalue weighted by molar-refractivity contribution is 6.05. The highest BCUT2D eigenvalue weighted by Gasteiger charge is 2.40. The van der Waals surface area contributed by atoms with Gasteiger partial charge in [0.1, 0.15) is 0 Å². The van der Waals surface area contributed by atoms with Crippen LogP contribution in [0.15, 0.2) is 0 Å². The van der Waals surface area contributed by atoms with Gasteiger partial charge in [-0.1, -0.05) is 0 Å². The zero-order valence-electron chi connectivity index (χ0n) is 12.1. The molecule has 0 spiro atoms. The van der Waals surface area contributed by atoms with Gasteiger partial charge in [0.05, 0.1) is 12.5 Å². The van der Waals surface area contributed by atoms with Crippen molar-refractivity contribution in [2.24, 2.45) is 0 Å². The van der Waals surface area contributed by atoms with Gasteiger partial charge < -0.3 is 10.2 Å². The largest absolute Gasteiger partial charge is 0.309 e. The second kappa shape index (κ2) is 6.29. The summed E-state index contributed by atoms with van der Waals surface area (Å²) in [6.07, 6.45) is 1.26. The topological polar surface area (TPSA) is 52.7 Å². The summed E-state index contributed by atoms with van der Waals surface area (Å²) in [5.74, 6) is -0.140. The van der Waals surface area contributed by atoms with Crippen LogP contribution in [-0.4, -0.2) is 60.4 Å². The van der Waals surface area contributed by atoms with Gasteiger partial charge in [0.15, 0.2) is 0 Å². The molecule has 1 rings (SSSR count). The number of amides is 2. The minimum absolute atomic E-state index is 0.0473. The highest BCUT2D eigenvalue weighted by Crippen LogP contribution is 2.16. The van der Waals surface area contributed by atoms with Crippen LogP contribution in [-0.2, 0) is 9.59 Å². The number of imide groups is 1. The van der Waals surface area contributed by atoms with Gasteiger partial charge in [0, 0.05) is 12.1 Å². The summed E-state index contributed by atoms with van der Waals surface area (Å²) in [4.78, 5) is 27.3. The fourth-order valence-corrected chi connectivity index (χ4v) is 2.20. The van der Waals surface area contributed by atoms with Crippen LogP contribution < -0.4 is 5.32 Å². The van der Waals surface area contributed by atoms with Crippen LogP contribution in [0.1, 0.15) is 33.6 Å². The average molecular weight is 255 g/mol. The first-order valence-corrected chi connectivity index (χ1v) is 6.59. The Kier molecular flexibility index (Phi) is 5.28. The van der Waals surface area contributed by atoms with Crippen molar-refractivity contribution in [2.45, 2.75) is 51.7 Å². The maximum Gasteiger partial charge on any atom is 0.247 e. The number of hydrogen-bond donors (Lipinski definition) is 1. The molecule has 1 N–H and O–H groups in total. The van der Waals surface area contributed by atoms with E-state index >= 15 is 0 Å². The molecule has 0 aromatic rings. The third kappa shape index (κ3) is 3.78. The third-order valence-corrected chi connectivity index (χ3v) is 3.19. The van der Waals surface area contributed by atoms with Crippen LogP contribution in [0.2, 0.25) is 0 Å². The summed E-state index contributed by atoms with van der Waals surface area (Å²) < 4.78 is 0. The molecule has 0 radical (unpaired) electrons. The number of carbonyl (C=O) groups excluding carboxylic acids is 2. The third-order valence-electron chi connectivity index (χ3n) is 3.19. The lowest BCUT2D eigenvalue weighted by molar-refractivity contribution is -0.140. The van der Waals surface area contributed by atoms with Gasteiger partial charge in [0.25, 0.3) is 0 Å². The Labute approximate surface area is 110 Å². The molecule has 104 valence electrons. The Morgan fingerprint density at radius 3 is 2.39 bits per heavy atom. The first kappa shape index (κ1) is 15.1. The van der Waals surface area contributed by atoms with Crippen LogP contribution >= 0.6 is 0 Å². The molecule has 2 amide bonds. The summed E-state index contributed by atoms with van der Waals surface area (Å²) in [5.41, 5.74) is 0. The number of carbonyl (C=O) groups is 2. The van der Waals surface area contributed by atoms with E-state index in [0.29, 0.717) is 6.42 Å². The molecule has 1 heterocycles. The van der Waals surface area contributed by atoms with E-state index in [1.807, 2.05) is 27.9 Å². The summed E-state index contributed by atoms with van der Waals surface area (Å²) in [7, 11) is 4.05. The van der Waals surface area contributed by atoms with Gasteiger partial charge in [-0.2, -0.15) is 0 Å². The van der Waals surface area contributed by atoms with Crippen molar-refractivity contribution in [1.82, 2.24) is 15.1 Å². The van der Waals surface area contributed by atoms with Crippen molar-refractivity contribution >= 4 is 11.8 Å². The molecule has 0 aromatic carbocycles. The average Bonchev–Trinajstić information content (AvgIpc) is 2.51. The summed E-state index contributed by atoms with van der Waals surface area (Å²) in [5, 5.41) is 3.26. The second-order valence-electron chi connectivity index (χ2n) is 5.61. The predicted octanol–water partition coefficient (Wildman–Crippen LogP) is 0.452. The van der Waals surface area contributed by atoms with Crippen LogP contribution in [0, 0.1) is 0 Å². The Hall–Kier alpha value is -0.940. The molecule has 1 fully saturated rings. The van der Waals surface area contributed by atoms with E-state index in [0.717, 1.165) is 13.0 Å². The molecular weight excluding hydrogens is 230 g/mol. The van der Waals surface area contributed by atoms with E-state index in [-0.39, 0.29) is 29.9 Å². The quantitative estimate of drug-likeness (QED) is 0.700. The molecule has 1 saturated heterocycles. The number of nitrogens with zero attached hydrogens (tertiary/aromatic N) is 2. The molecule has 2 unspecified atom stereocenters. The molecule has 1 aliphatic rings. The van der Waals surface area contributed by atoms with Gasteiger partial charge in [-0.15, -0.1) is 0 Å². The van der Waals surface area contributed by atoms with E-state index in [1.54, 1.807) is 0 Å². The molecule has 5 nitrogen and oxygen atoms in total. The summed E-state index contributed by atoms with van der Waals surface area (Å²) >= 11 is 0. The number of likely N-dealkylation sites (tertiary alicyclic amines) is 1. The van der Waals surface area contributed by atoms with Crippen molar-refractivity contribution in [3.8, 4) is 0 Å². The molecular formula is C13H25N3O2. The fourth-order valence-electron chi connectivity index (χ4n) is 2.20. The Balaban J connectivity index is 2.49.